The molecule has 1 aliphatic rings. The average Bonchev–Trinajstić information content (AvgIpc) is 2.29. The number of aromatic nitrogens is 1. The van der Waals surface area contributed by atoms with E-state index >= 15 is 0 Å². The number of morpholine rings is 1. The zero-order chi connectivity index (χ0) is 11.5. The molecule has 0 spiro atoms. The first-order valence-corrected chi connectivity index (χ1v) is 6.23. The molecule has 0 N–H and O–H groups in total. The van der Waals surface area contributed by atoms with Crippen molar-refractivity contribution >= 4 is 40.6 Å². The van der Waals surface area contributed by atoms with Crippen LogP contribution in [-0.2, 0) is 4.74 Å². The number of halogens is 3. The third-order valence-electron chi connectivity index (χ3n) is 2.47. The Hall–Kier alpha value is -0.220. The minimum atomic E-state index is 0.113. The van der Waals surface area contributed by atoms with E-state index in [-0.39, 0.29) is 6.04 Å². The van der Waals surface area contributed by atoms with Crippen LogP contribution in [0.3, 0.4) is 0 Å². The molecule has 1 saturated heterocycles. The fourth-order valence-corrected chi connectivity index (χ4v) is 2.42. The predicted molar refractivity (Wildman–Crippen MR) is 66.9 cm³/mol. The quantitative estimate of drug-likeness (QED) is 0.780. The molecule has 1 aromatic rings. The molecule has 1 aliphatic heterocycles. The van der Waals surface area contributed by atoms with E-state index in [0.717, 1.165) is 12.4 Å². The van der Waals surface area contributed by atoms with Crippen molar-refractivity contribution in [3.63, 3.8) is 0 Å². The minimum Gasteiger partial charge on any atom is -0.377 e. The van der Waals surface area contributed by atoms with Crippen LogP contribution in [0.2, 0.25) is 10.0 Å². The van der Waals surface area contributed by atoms with Crippen LogP contribution in [0.25, 0.3) is 0 Å². The molecule has 2 heterocycles. The summed E-state index contributed by atoms with van der Waals surface area (Å²) in [5.74, 6) is 1.21. The number of hydrogen-bond donors (Lipinski definition) is 0. The van der Waals surface area contributed by atoms with E-state index in [1.54, 1.807) is 12.3 Å². The third kappa shape index (κ3) is 2.54. The van der Waals surface area contributed by atoms with E-state index in [0.29, 0.717) is 29.1 Å². The number of pyridine rings is 1. The second kappa shape index (κ2) is 5.41. The molecule has 1 aromatic heterocycles. The molecule has 88 valence electrons. The van der Waals surface area contributed by atoms with E-state index in [4.69, 9.17) is 39.5 Å². The Morgan fingerprint density at radius 1 is 1.50 bits per heavy atom. The SMILES string of the molecule is ClCC1COCCN1c1ncc(Cl)cc1Cl. The second-order valence-electron chi connectivity index (χ2n) is 3.54. The van der Waals surface area contributed by atoms with E-state index < -0.39 is 0 Å². The molecular formula is C10H11Cl3N2O. The highest BCUT2D eigenvalue weighted by atomic mass is 35.5. The molecule has 0 aliphatic carbocycles. The molecule has 1 fully saturated rings. The van der Waals surface area contributed by atoms with Gasteiger partial charge < -0.3 is 9.64 Å². The van der Waals surface area contributed by atoms with Crippen molar-refractivity contribution in [2.45, 2.75) is 6.04 Å². The van der Waals surface area contributed by atoms with Gasteiger partial charge in [-0.3, -0.25) is 0 Å². The first-order valence-electron chi connectivity index (χ1n) is 4.93. The summed E-state index contributed by atoms with van der Waals surface area (Å²) in [7, 11) is 0. The molecule has 0 aromatic carbocycles. The molecule has 1 unspecified atom stereocenters. The van der Waals surface area contributed by atoms with Crippen molar-refractivity contribution in [1.29, 1.82) is 0 Å². The lowest BCUT2D eigenvalue weighted by molar-refractivity contribution is 0.0994. The van der Waals surface area contributed by atoms with Gasteiger partial charge in [-0.25, -0.2) is 4.98 Å². The van der Waals surface area contributed by atoms with Gasteiger partial charge in [0.05, 0.1) is 29.3 Å². The van der Waals surface area contributed by atoms with E-state index in [1.165, 1.54) is 0 Å². The summed E-state index contributed by atoms with van der Waals surface area (Å²) in [5, 5.41) is 1.08. The molecular weight excluding hydrogens is 270 g/mol. The Balaban J connectivity index is 2.27. The normalized spacial score (nSPS) is 21.2. The lowest BCUT2D eigenvalue weighted by Gasteiger charge is -2.35. The van der Waals surface area contributed by atoms with Crippen LogP contribution in [0, 0.1) is 0 Å². The average molecular weight is 282 g/mol. The van der Waals surface area contributed by atoms with Crippen LogP contribution < -0.4 is 4.90 Å². The first-order chi connectivity index (χ1) is 7.72. The van der Waals surface area contributed by atoms with Crippen LogP contribution in [0.15, 0.2) is 12.3 Å². The van der Waals surface area contributed by atoms with Crippen LogP contribution in [-0.4, -0.2) is 36.7 Å². The predicted octanol–water partition coefficient (Wildman–Crippen LogP) is 2.83. The van der Waals surface area contributed by atoms with Crippen molar-refractivity contribution < 1.29 is 4.74 Å². The molecule has 1 atom stereocenters. The highest BCUT2D eigenvalue weighted by Crippen LogP contribution is 2.28. The van der Waals surface area contributed by atoms with Gasteiger partial charge in [0.25, 0.3) is 0 Å². The first kappa shape index (κ1) is 12.2. The summed E-state index contributed by atoms with van der Waals surface area (Å²) < 4.78 is 5.37. The van der Waals surface area contributed by atoms with Crippen molar-refractivity contribution in [3.05, 3.63) is 22.3 Å². The lowest BCUT2D eigenvalue weighted by atomic mass is 10.2. The number of ether oxygens (including phenoxy) is 1. The summed E-state index contributed by atoms with van der Waals surface area (Å²) in [4.78, 5) is 6.31. The highest BCUT2D eigenvalue weighted by Gasteiger charge is 2.25. The maximum atomic E-state index is 6.11. The summed E-state index contributed by atoms with van der Waals surface area (Å²) in [6, 6.07) is 1.80. The fraction of sp³-hybridized carbons (Fsp3) is 0.500. The Kier molecular flexibility index (Phi) is 4.14. The maximum Gasteiger partial charge on any atom is 0.147 e. The second-order valence-corrected chi connectivity index (χ2v) is 4.69. The van der Waals surface area contributed by atoms with E-state index in [1.807, 2.05) is 0 Å². The molecule has 0 amide bonds. The largest absolute Gasteiger partial charge is 0.377 e. The standard InChI is InChI=1S/C10H11Cl3N2O/c11-4-8-6-16-2-1-15(8)10-9(13)3-7(12)5-14-10/h3,5,8H,1-2,4,6H2. The fourth-order valence-electron chi connectivity index (χ4n) is 1.68. The van der Waals surface area contributed by atoms with Gasteiger partial charge in [0.15, 0.2) is 0 Å². The monoisotopic (exact) mass is 280 g/mol. The lowest BCUT2D eigenvalue weighted by Crippen LogP contribution is -2.47. The van der Waals surface area contributed by atoms with Gasteiger partial charge in [-0.2, -0.15) is 0 Å². The van der Waals surface area contributed by atoms with Crippen LogP contribution >= 0.6 is 34.8 Å². The van der Waals surface area contributed by atoms with Crippen molar-refractivity contribution in [2.24, 2.45) is 0 Å². The van der Waals surface area contributed by atoms with Gasteiger partial charge in [0, 0.05) is 18.6 Å². The molecule has 0 saturated carbocycles. The number of hydrogen-bond acceptors (Lipinski definition) is 3. The molecule has 3 nitrogen and oxygen atoms in total. The highest BCUT2D eigenvalue weighted by molar-refractivity contribution is 6.36. The van der Waals surface area contributed by atoms with Gasteiger partial charge in [-0.15, -0.1) is 11.6 Å². The molecule has 16 heavy (non-hydrogen) atoms. The summed E-state index contributed by atoms with van der Waals surface area (Å²) in [6.07, 6.45) is 1.59. The number of anilines is 1. The van der Waals surface area contributed by atoms with Gasteiger partial charge in [0.2, 0.25) is 0 Å². The smallest absolute Gasteiger partial charge is 0.147 e. The van der Waals surface area contributed by atoms with E-state index in [2.05, 4.69) is 9.88 Å². The topological polar surface area (TPSA) is 25.4 Å². The Morgan fingerprint density at radius 3 is 3.00 bits per heavy atom. The number of alkyl halides is 1. The van der Waals surface area contributed by atoms with Crippen molar-refractivity contribution in [3.8, 4) is 0 Å². The van der Waals surface area contributed by atoms with Gasteiger partial charge in [-0.1, -0.05) is 23.2 Å². The number of nitrogens with zero attached hydrogens (tertiary/aromatic N) is 2. The molecule has 6 heteroatoms. The van der Waals surface area contributed by atoms with Crippen LogP contribution in [0.5, 0.6) is 0 Å². The zero-order valence-corrected chi connectivity index (χ0v) is 10.8. The summed E-state index contributed by atoms with van der Waals surface area (Å²) >= 11 is 17.8. The molecule has 0 bridgehead atoms. The third-order valence-corrected chi connectivity index (χ3v) is 3.31. The Labute approximate surface area is 109 Å². The summed E-state index contributed by atoms with van der Waals surface area (Å²) in [5.41, 5.74) is 0. The van der Waals surface area contributed by atoms with E-state index in [9.17, 15) is 0 Å². The number of rotatable bonds is 2. The zero-order valence-electron chi connectivity index (χ0n) is 8.50. The molecule has 2 rings (SSSR count). The van der Waals surface area contributed by atoms with Gasteiger partial charge in [-0.05, 0) is 6.07 Å². The molecule has 0 radical (unpaired) electrons. The Bertz CT molecular complexity index is 375. The van der Waals surface area contributed by atoms with Crippen molar-refractivity contribution in [1.82, 2.24) is 4.98 Å². The van der Waals surface area contributed by atoms with Crippen LogP contribution in [0.4, 0.5) is 5.82 Å². The van der Waals surface area contributed by atoms with Crippen LogP contribution in [0.1, 0.15) is 0 Å². The summed E-state index contributed by atoms with van der Waals surface area (Å²) in [6.45, 7) is 2.00. The van der Waals surface area contributed by atoms with Gasteiger partial charge in [0.1, 0.15) is 5.82 Å². The maximum absolute atomic E-state index is 6.11. The minimum absolute atomic E-state index is 0.113. The van der Waals surface area contributed by atoms with Gasteiger partial charge >= 0.3 is 0 Å². The van der Waals surface area contributed by atoms with Crippen molar-refractivity contribution in [2.75, 3.05) is 30.5 Å². The Morgan fingerprint density at radius 2 is 2.31 bits per heavy atom.